The Morgan fingerprint density at radius 2 is 1.87 bits per heavy atom. The smallest absolute Gasteiger partial charge is 0.507 e. The topological polar surface area (TPSA) is 63.6 Å². The molecule has 84 valence electrons. The molecule has 4 nitrogen and oxygen atoms in total. The van der Waals surface area contributed by atoms with Gasteiger partial charge in [-0.1, -0.05) is 6.07 Å². The predicted octanol–water partition coefficient (Wildman–Crippen LogP) is 2.66. The zero-order chi connectivity index (χ0) is 11.6. The molecular weight excluding hydrogens is 332 g/mol. The first-order valence-corrected chi connectivity index (χ1v) is 6.28. The fourth-order valence-electron chi connectivity index (χ4n) is 0.858. The second-order valence-corrected chi connectivity index (χ2v) is 4.67. The van der Waals surface area contributed by atoms with Crippen LogP contribution in [-0.4, -0.2) is 11.5 Å². The molecule has 0 atom stereocenters. The monoisotopic (exact) mass is 336 g/mol. The summed E-state index contributed by atoms with van der Waals surface area (Å²) >= 11 is -4.24. The molecule has 1 aromatic rings. The van der Waals surface area contributed by atoms with E-state index in [9.17, 15) is 19.3 Å². The molecule has 0 fully saturated rings. The van der Waals surface area contributed by atoms with Gasteiger partial charge in [-0.25, -0.2) is 6.14 Å². The van der Waals surface area contributed by atoms with E-state index in [1.54, 1.807) is 0 Å². The van der Waals surface area contributed by atoms with Crippen molar-refractivity contribution in [2.45, 2.75) is 6.36 Å². The molecule has 0 spiro atoms. The van der Waals surface area contributed by atoms with E-state index in [0.717, 1.165) is 18.2 Å². The normalized spacial score (nSPS) is 11.7. The van der Waals surface area contributed by atoms with Gasteiger partial charge in [0.1, 0.15) is 5.75 Å². The zero-order valence-corrected chi connectivity index (χ0v) is 9.07. The van der Waals surface area contributed by atoms with Gasteiger partial charge in [0.05, 0.1) is 0 Å². The lowest BCUT2D eigenvalue weighted by molar-refractivity contribution is -0.275. The number of halogens is 4. The van der Waals surface area contributed by atoms with Crippen LogP contribution >= 0.6 is 19.8 Å². The van der Waals surface area contributed by atoms with Gasteiger partial charge in [-0.3, -0.25) is 0 Å². The largest absolute Gasteiger partial charge is 0.573 e. The maximum atomic E-state index is 11.8. The van der Waals surface area contributed by atoms with E-state index in [1.807, 2.05) is 0 Å². The van der Waals surface area contributed by atoms with E-state index in [0.29, 0.717) is 0 Å². The Balaban J connectivity index is 3.24. The lowest BCUT2D eigenvalue weighted by Gasteiger charge is -2.10. The highest BCUT2D eigenvalue weighted by Crippen LogP contribution is 2.37. The number of rotatable bonds is 2. The molecule has 0 aliphatic carbocycles. The average molecular weight is 336 g/mol. The van der Waals surface area contributed by atoms with Gasteiger partial charge in [-0.15, -0.1) is 13.2 Å². The van der Waals surface area contributed by atoms with Crippen LogP contribution in [0.4, 0.5) is 13.2 Å². The van der Waals surface area contributed by atoms with Gasteiger partial charge in [0.25, 0.3) is 0 Å². The van der Waals surface area contributed by atoms with E-state index < -0.39 is 41.2 Å². The Morgan fingerprint density at radius 3 is 2.33 bits per heavy atom. The van der Waals surface area contributed by atoms with Gasteiger partial charge >= 0.3 is 26.2 Å². The highest BCUT2D eigenvalue weighted by Gasteiger charge is 2.33. The molecule has 0 aliphatic rings. The first-order valence-electron chi connectivity index (χ1n) is 3.44. The van der Waals surface area contributed by atoms with Crippen molar-refractivity contribution in [2.75, 3.05) is 0 Å². The first-order chi connectivity index (χ1) is 6.81. The minimum atomic E-state index is -4.99. The molecule has 0 unspecified atom stereocenters. The Morgan fingerprint density at radius 1 is 1.27 bits per heavy atom. The fraction of sp³-hybridized carbons (Fsp3) is 0.143. The van der Waals surface area contributed by atoms with Crippen molar-refractivity contribution in [1.82, 2.24) is 0 Å². The summed E-state index contributed by atoms with van der Waals surface area (Å²) in [5, 5.41) is 9.05. The van der Waals surface area contributed by atoms with Crippen molar-refractivity contribution < 1.29 is 29.2 Å². The summed E-state index contributed by atoms with van der Waals surface area (Å²) in [4.78, 5) is 0. The number of hydrogen-bond acceptors (Lipinski definition) is 4. The molecule has 0 bridgehead atoms. The summed E-state index contributed by atoms with van der Waals surface area (Å²) in [5.74, 6) is -1.65. The van der Waals surface area contributed by atoms with E-state index in [2.05, 4.69) is 4.74 Å². The van der Waals surface area contributed by atoms with Gasteiger partial charge in [0.15, 0.2) is 9.32 Å². The number of aromatic hydroxyl groups is 1. The number of benzene rings is 1. The highest BCUT2D eigenvalue weighted by molar-refractivity contribution is 14.2. The number of phenolic OH excluding ortho intramolecular Hbond substituents is 1. The summed E-state index contributed by atoms with van der Waals surface area (Å²) in [6.07, 6.45) is -4.99. The molecule has 1 rings (SSSR count). The molecule has 0 heterocycles. The molecule has 0 aliphatic heterocycles. The summed E-state index contributed by atoms with van der Waals surface area (Å²) in [7, 11) is 0. The second-order valence-electron chi connectivity index (χ2n) is 2.35. The molecule has 0 saturated heterocycles. The first kappa shape index (κ1) is 12.0. The molecule has 0 saturated carbocycles. The van der Waals surface area contributed by atoms with Crippen molar-refractivity contribution in [3.63, 3.8) is 0 Å². The molecule has 1 N–H and O–H groups in total. The third kappa shape index (κ3) is 3.22. The van der Waals surface area contributed by atoms with Crippen molar-refractivity contribution >= 4 is 19.8 Å². The second kappa shape index (κ2) is 4.21. The molecule has 15 heavy (non-hydrogen) atoms. The van der Waals surface area contributed by atoms with E-state index >= 15 is 0 Å². The van der Waals surface area contributed by atoms with Crippen molar-refractivity contribution in [2.24, 2.45) is 0 Å². The summed E-state index contributed by atoms with van der Waals surface area (Å²) in [6, 6.07) is 2.85. The quantitative estimate of drug-likeness (QED) is 0.844. The fourth-order valence-corrected chi connectivity index (χ4v) is 2.21. The molecule has 0 amide bonds. The van der Waals surface area contributed by atoms with Crippen LogP contribution in [0.1, 0.15) is 0 Å². The Labute approximate surface area is 88.8 Å². The van der Waals surface area contributed by atoms with Gasteiger partial charge in [0.2, 0.25) is 0 Å². The Bertz CT molecular complexity index is 430. The van der Waals surface area contributed by atoms with E-state index in [4.69, 9.17) is 5.11 Å². The van der Waals surface area contributed by atoms with Gasteiger partial charge in [-0.2, -0.15) is 0 Å². The van der Waals surface area contributed by atoms with Gasteiger partial charge < -0.3 is 9.84 Å². The highest BCUT2D eigenvalue weighted by atomic mass is 127. The van der Waals surface area contributed by atoms with Crippen LogP contribution in [0.5, 0.6) is 11.5 Å². The maximum absolute atomic E-state index is 11.8. The van der Waals surface area contributed by atoms with Crippen molar-refractivity contribution in [3.05, 3.63) is 21.8 Å². The summed E-state index contributed by atoms with van der Waals surface area (Å²) in [5.41, 5.74) is 0. The minimum absolute atomic E-state index is 0.744. The molecular formula is C7H4F3IO4. The lowest BCUT2D eigenvalue weighted by Crippen LogP contribution is -2.17. The Hall–Kier alpha value is -1.06. The van der Waals surface area contributed by atoms with Crippen molar-refractivity contribution in [3.8, 4) is 11.5 Å². The van der Waals surface area contributed by atoms with Gasteiger partial charge in [0, 0.05) is 0 Å². The van der Waals surface area contributed by atoms with Crippen LogP contribution < -0.4 is 4.74 Å². The Kier molecular flexibility index (Phi) is 3.37. The van der Waals surface area contributed by atoms with Crippen LogP contribution in [0.25, 0.3) is 0 Å². The standard InChI is InChI=1S/C7H4F3IO4/c8-7(9,10)15-5-3-1-2-4(12)6(5)11(13)14/h1-3,12H. The van der Waals surface area contributed by atoms with Crippen LogP contribution in [0.3, 0.4) is 0 Å². The maximum Gasteiger partial charge on any atom is 0.573 e. The third-order valence-electron chi connectivity index (χ3n) is 1.32. The summed E-state index contributed by atoms with van der Waals surface area (Å²) < 4.78 is 59.4. The van der Waals surface area contributed by atoms with Crippen molar-refractivity contribution in [1.29, 1.82) is 0 Å². The third-order valence-corrected chi connectivity index (χ3v) is 3.29. The molecule has 0 radical (unpaired) electrons. The van der Waals surface area contributed by atoms with Crippen LogP contribution in [0.2, 0.25) is 0 Å². The molecule has 0 aromatic heterocycles. The number of hydrogen-bond donors (Lipinski definition) is 1. The average Bonchev–Trinajstić information content (AvgIpc) is 1.99. The zero-order valence-electron chi connectivity index (χ0n) is 6.92. The number of ether oxygens (including phenoxy) is 1. The number of phenols is 1. The molecule has 1 aromatic carbocycles. The van der Waals surface area contributed by atoms with Crippen LogP contribution in [-0.2, 0) is 6.14 Å². The van der Waals surface area contributed by atoms with E-state index in [-0.39, 0.29) is 0 Å². The predicted molar refractivity (Wildman–Crippen MR) is 48.9 cm³/mol. The number of alkyl halides is 3. The SMILES string of the molecule is O=I(=O)c1c(O)cccc1OC(F)(F)F. The molecule has 8 heteroatoms. The lowest BCUT2D eigenvalue weighted by atomic mass is 10.3. The summed E-state index contributed by atoms with van der Waals surface area (Å²) in [6.45, 7) is 0. The van der Waals surface area contributed by atoms with Crippen LogP contribution in [0.15, 0.2) is 18.2 Å². The minimum Gasteiger partial charge on any atom is -0.507 e. The van der Waals surface area contributed by atoms with Crippen LogP contribution in [0, 0.1) is 3.57 Å². The van der Waals surface area contributed by atoms with E-state index in [1.165, 1.54) is 0 Å². The van der Waals surface area contributed by atoms with Gasteiger partial charge in [-0.05, 0) is 12.1 Å².